The normalized spacial score (nSPS) is 16.3. The number of carbonyl (C=O) groups is 6. The van der Waals surface area contributed by atoms with E-state index >= 15 is 0 Å². The van der Waals surface area contributed by atoms with Gasteiger partial charge in [0.25, 0.3) is 5.91 Å². The Morgan fingerprint density at radius 3 is 2.17 bits per heavy atom. The van der Waals surface area contributed by atoms with E-state index in [1.165, 1.54) is 19.1 Å². The standard InChI is InChI=1S/C40H48N6O8/c1-24(2)20-32(36(49)43-31(22-35(41)48)27-12-15-33(53-4)34(21-27)54-5)46-37(50)40(18-16-29(47)17-19-40)45(39(46)52)23-26-10-13-28(14-11-26)42-38(51)44-30-9-7-6-8-25(30)3/h6-15,21,24,31-32H,16-20,22-23H2,1-5H3,(H2,41,48)(H,43,49)(H2,42,44,51)/t31-,32-/m1/s1. The van der Waals surface area contributed by atoms with E-state index in [9.17, 15) is 28.8 Å². The molecule has 54 heavy (non-hydrogen) atoms. The molecule has 0 radical (unpaired) electrons. The molecule has 7 amide bonds. The number of rotatable bonds is 14. The maximum atomic E-state index is 14.6. The van der Waals surface area contributed by atoms with E-state index in [4.69, 9.17) is 15.2 Å². The Morgan fingerprint density at radius 1 is 0.889 bits per heavy atom. The molecule has 5 N–H and O–H groups in total. The second kappa shape index (κ2) is 16.8. The molecule has 1 aliphatic heterocycles. The number of ketones is 1. The summed E-state index contributed by atoms with van der Waals surface area (Å²) in [7, 11) is 2.95. The van der Waals surface area contributed by atoms with Crippen molar-refractivity contribution in [1.82, 2.24) is 15.1 Å². The van der Waals surface area contributed by atoms with Gasteiger partial charge in [-0.1, -0.05) is 50.2 Å². The van der Waals surface area contributed by atoms with Gasteiger partial charge >= 0.3 is 12.1 Å². The summed E-state index contributed by atoms with van der Waals surface area (Å²) in [6.07, 6.45) is 0.363. The highest BCUT2D eigenvalue weighted by molar-refractivity contribution is 6.10. The van der Waals surface area contributed by atoms with Gasteiger partial charge in [0.2, 0.25) is 11.8 Å². The van der Waals surface area contributed by atoms with E-state index < -0.39 is 47.4 Å². The lowest BCUT2D eigenvalue weighted by molar-refractivity contribution is -0.142. The van der Waals surface area contributed by atoms with Gasteiger partial charge in [0.15, 0.2) is 11.5 Å². The molecule has 1 saturated carbocycles. The predicted molar refractivity (Wildman–Crippen MR) is 202 cm³/mol. The molecule has 0 unspecified atom stereocenters. The summed E-state index contributed by atoms with van der Waals surface area (Å²) < 4.78 is 10.8. The molecule has 0 aromatic heterocycles. The Bertz CT molecular complexity index is 1900. The molecule has 3 aromatic rings. The minimum Gasteiger partial charge on any atom is -0.493 e. The molecule has 3 aromatic carbocycles. The number of hydrogen-bond acceptors (Lipinski definition) is 8. The van der Waals surface area contributed by atoms with Crippen molar-refractivity contribution in [2.75, 3.05) is 24.9 Å². The number of nitrogens with zero attached hydrogens (tertiary/aromatic N) is 2. The third kappa shape index (κ3) is 8.64. The summed E-state index contributed by atoms with van der Waals surface area (Å²) in [4.78, 5) is 83.2. The molecule has 5 rings (SSSR count). The highest BCUT2D eigenvalue weighted by Crippen LogP contribution is 2.42. The lowest BCUT2D eigenvalue weighted by atomic mass is 9.79. The van der Waals surface area contributed by atoms with Crippen LogP contribution in [0.3, 0.4) is 0 Å². The lowest BCUT2D eigenvalue weighted by Crippen LogP contribution is -2.54. The third-order valence-corrected chi connectivity index (χ3v) is 9.99. The Morgan fingerprint density at radius 2 is 1.56 bits per heavy atom. The number of urea groups is 2. The zero-order valence-corrected chi connectivity index (χ0v) is 31.3. The largest absolute Gasteiger partial charge is 0.493 e. The molecule has 1 aliphatic carbocycles. The molecule has 1 spiro atoms. The molecular formula is C40H48N6O8. The molecule has 286 valence electrons. The number of carbonyl (C=O) groups excluding carboxylic acids is 6. The topological polar surface area (TPSA) is 189 Å². The Hall–Kier alpha value is -5.92. The van der Waals surface area contributed by atoms with Crippen LogP contribution >= 0.6 is 0 Å². The number of Topliss-reactive ketones (excluding diaryl/α,β-unsaturated/α-hetero) is 1. The van der Waals surface area contributed by atoms with Crippen molar-refractivity contribution in [2.45, 2.75) is 83.5 Å². The maximum absolute atomic E-state index is 14.6. The van der Waals surface area contributed by atoms with E-state index in [-0.39, 0.29) is 56.8 Å². The molecule has 2 aliphatic rings. The average molecular weight is 741 g/mol. The van der Waals surface area contributed by atoms with Crippen molar-refractivity contribution in [3.8, 4) is 11.5 Å². The molecule has 14 nitrogen and oxygen atoms in total. The quantitative estimate of drug-likeness (QED) is 0.157. The summed E-state index contributed by atoms with van der Waals surface area (Å²) in [5.41, 5.74) is 7.57. The zero-order valence-electron chi connectivity index (χ0n) is 31.3. The van der Waals surface area contributed by atoms with Crippen LogP contribution in [-0.2, 0) is 25.7 Å². The molecule has 1 saturated heterocycles. The fraction of sp³-hybridized carbons (Fsp3) is 0.400. The number of hydrogen-bond donors (Lipinski definition) is 4. The van der Waals surface area contributed by atoms with Crippen LogP contribution in [0, 0.1) is 12.8 Å². The first kappa shape index (κ1) is 39.3. The monoisotopic (exact) mass is 740 g/mol. The minimum absolute atomic E-state index is 0.000592. The number of aryl methyl sites for hydroxylation is 1. The molecule has 2 fully saturated rings. The Kier molecular flexibility index (Phi) is 12.2. The second-order valence-corrected chi connectivity index (χ2v) is 14.2. The summed E-state index contributed by atoms with van der Waals surface area (Å²) in [6, 6.07) is 16.1. The van der Waals surface area contributed by atoms with Crippen molar-refractivity contribution >= 4 is 46.9 Å². The van der Waals surface area contributed by atoms with Crippen LogP contribution in [0.2, 0.25) is 0 Å². The van der Waals surface area contributed by atoms with E-state index in [0.717, 1.165) is 10.5 Å². The number of benzene rings is 3. The van der Waals surface area contributed by atoms with Gasteiger partial charge in [-0.3, -0.25) is 19.2 Å². The Balaban J connectivity index is 1.40. The van der Waals surface area contributed by atoms with Crippen LogP contribution in [0.5, 0.6) is 11.5 Å². The number of ether oxygens (including phenoxy) is 2. The lowest BCUT2D eigenvalue weighted by Gasteiger charge is -2.37. The van der Waals surface area contributed by atoms with E-state index in [2.05, 4.69) is 16.0 Å². The van der Waals surface area contributed by atoms with Gasteiger partial charge in [0, 0.05) is 30.8 Å². The number of anilines is 2. The van der Waals surface area contributed by atoms with E-state index in [0.29, 0.717) is 34.0 Å². The maximum Gasteiger partial charge on any atom is 0.328 e. The van der Waals surface area contributed by atoms with Gasteiger partial charge in [-0.25, -0.2) is 14.5 Å². The summed E-state index contributed by atoms with van der Waals surface area (Å²) in [5.74, 6) is -1.13. The van der Waals surface area contributed by atoms with Crippen LogP contribution in [0.4, 0.5) is 21.0 Å². The summed E-state index contributed by atoms with van der Waals surface area (Å²) in [5, 5.41) is 8.51. The van der Waals surface area contributed by atoms with Crippen LogP contribution in [-0.4, -0.2) is 71.2 Å². The van der Waals surface area contributed by atoms with Gasteiger partial charge in [-0.15, -0.1) is 0 Å². The predicted octanol–water partition coefficient (Wildman–Crippen LogP) is 5.45. The highest BCUT2D eigenvalue weighted by atomic mass is 16.5. The van der Waals surface area contributed by atoms with Crippen molar-refractivity contribution < 1.29 is 38.2 Å². The van der Waals surface area contributed by atoms with E-state index in [1.807, 2.05) is 39.0 Å². The number of methoxy groups -OCH3 is 2. The van der Waals surface area contributed by atoms with Gasteiger partial charge in [-0.05, 0) is 79.1 Å². The van der Waals surface area contributed by atoms with Crippen molar-refractivity contribution in [3.63, 3.8) is 0 Å². The average Bonchev–Trinajstić information content (AvgIpc) is 3.33. The fourth-order valence-electron chi connectivity index (χ4n) is 7.10. The highest BCUT2D eigenvalue weighted by Gasteiger charge is 2.60. The van der Waals surface area contributed by atoms with E-state index in [1.54, 1.807) is 48.5 Å². The summed E-state index contributed by atoms with van der Waals surface area (Å²) in [6.45, 7) is 5.68. The number of para-hydroxylation sites is 1. The van der Waals surface area contributed by atoms with Crippen LogP contribution in [0.1, 0.15) is 75.1 Å². The molecular weight excluding hydrogens is 692 g/mol. The molecule has 14 heteroatoms. The third-order valence-electron chi connectivity index (χ3n) is 9.99. The zero-order chi connectivity index (χ0) is 39.2. The number of nitrogens with two attached hydrogens (primary N) is 1. The second-order valence-electron chi connectivity index (χ2n) is 14.2. The summed E-state index contributed by atoms with van der Waals surface area (Å²) >= 11 is 0. The van der Waals surface area contributed by atoms with Crippen LogP contribution in [0.15, 0.2) is 66.7 Å². The van der Waals surface area contributed by atoms with Crippen LogP contribution in [0.25, 0.3) is 0 Å². The molecule has 2 atom stereocenters. The fourth-order valence-corrected chi connectivity index (χ4v) is 7.10. The van der Waals surface area contributed by atoms with Gasteiger partial charge in [0.1, 0.15) is 17.4 Å². The van der Waals surface area contributed by atoms with Crippen molar-refractivity contribution in [3.05, 3.63) is 83.4 Å². The van der Waals surface area contributed by atoms with Crippen molar-refractivity contribution in [2.24, 2.45) is 11.7 Å². The number of imide groups is 1. The minimum atomic E-state index is -1.33. The SMILES string of the molecule is COc1ccc([C@@H](CC(N)=O)NC(=O)[C@@H](CC(C)C)N2C(=O)N(Cc3ccc(NC(=O)Nc4ccccc4C)cc3)C3(CCC(=O)CC3)C2=O)cc1OC. The molecule has 0 bridgehead atoms. The van der Waals surface area contributed by atoms with Gasteiger partial charge in [0.05, 0.1) is 26.7 Å². The number of amides is 7. The van der Waals surface area contributed by atoms with Gasteiger partial charge in [-0.2, -0.15) is 0 Å². The van der Waals surface area contributed by atoms with Crippen LogP contribution < -0.4 is 31.2 Å². The first-order chi connectivity index (χ1) is 25.8. The first-order valence-electron chi connectivity index (χ1n) is 18.0. The first-order valence-corrected chi connectivity index (χ1v) is 18.0. The number of nitrogens with one attached hydrogen (secondary N) is 3. The molecule has 1 heterocycles. The number of primary amides is 1. The van der Waals surface area contributed by atoms with Gasteiger partial charge < -0.3 is 36.1 Å². The smallest absolute Gasteiger partial charge is 0.328 e. The van der Waals surface area contributed by atoms with Crippen molar-refractivity contribution in [1.29, 1.82) is 0 Å². The Labute approximate surface area is 314 Å².